The van der Waals surface area contributed by atoms with Crippen LogP contribution in [0.15, 0.2) is 18.2 Å². The molecule has 2 heterocycles. The predicted octanol–water partition coefficient (Wildman–Crippen LogP) is 2.62. The highest BCUT2D eigenvalue weighted by Crippen LogP contribution is 2.36. The fraction of sp³-hybridized carbons (Fsp3) is 0.600. The SMILES string of the molecule is Cc1cccc([N+](=O)[O-])c1N(C)C1CC2CCC(C1)N2. The van der Waals surface area contributed by atoms with E-state index in [0.717, 1.165) is 24.1 Å². The van der Waals surface area contributed by atoms with E-state index in [1.165, 1.54) is 12.8 Å². The van der Waals surface area contributed by atoms with Gasteiger partial charge in [-0.25, -0.2) is 0 Å². The number of hydrogen-bond acceptors (Lipinski definition) is 4. The number of aryl methyl sites for hydroxylation is 1. The number of anilines is 1. The monoisotopic (exact) mass is 275 g/mol. The van der Waals surface area contributed by atoms with Crippen molar-refractivity contribution in [2.75, 3.05) is 11.9 Å². The van der Waals surface area contributed by atoms with Crippen LogP contribution >= 0.6 is 0 Å². The van der Waals surface area contributed by atoms with Gasteiger partial charge in [0.2, 0.25) is 0 Å². The highest BCUT2D eigenvalue weighted by atomic mass is 16.6. The second-order valence-corrected chi connectivity index (χ2v) is 6.07. The molecule has 2 bridgehead atoms. The van der Waals surface area contributed by atoms with E-state index in [2.05, 4.69) is 10.2 Å². The highest BCUT2D eigenvalue weighted by Gasteiger charge is 2.36. The first-order valence-electron chi connectivity index (χ1n) is 7.29. The van der Waals surface area contributed by atoms with Crippen LogP contribution in [0.1, 0.15) is 31.2 Å². The molecule has 1 N–H and O–H groups in total. The average Bonchev–Trinajstić information content (AvgIpc) is 2.76. The standard InChI is InChI=1S/C15H21N3O2/c1-10-4-3-5-14(18(19)20)15(10)17(2)13-8-11-6-7-12(9-13)16-11/h3-5,11-13,16H,6-9H2,1-2H3. The van der Waals surface area contributed by atoms with E-state index >= 15 is 0 Å². The summed E-state index contributed by atoms with van der Waals surface area (Å²) in [6, 6.07) is 6.89. The zero-order valence-corrected chi connectivity index (χ0v) is 12.0. The number of nitro groups is 1. The van der Waals surface area contributed by atoms with Crippen molar-refractivity contribution < 1.29 is 4.92 Å². The lowest BCUT2D eigenvalue weighted by atomic mass is 9.97. The summed E-state index contributed by atoms with van der Waals surface area (Å²) in [7, 11) is 2.00. The maximum Gasteiger partial charge on any atom is 0.292 e. The van der Waals surface area contributed by atoms with E-state index in [1.807, 2.05) is 20.0 Å². The van der Waals surface area contributed by atoms with Gasteiger partial charge in [-0.05, 0) is 38.2 Å². The smallest absolute Gasteiger partial charge is 0.292 e. The van der Waals surface area contributed by atoms with Gasteiger partial charge in [0.05, 0.1) is 4.92 Å². The number of nitro benzene ring substituents is 1. The van der Waals surface area contributed by atoms with Gasteiger partial charge >= 0.3 is 0 Å². The van der Waals surface area contributed by atoms with Gasteiger partial charge in [-0.1, -0.05) is 12.1 Å². The third-order valence-corrected chi connectivity index (χ3v) is 4.76. The summed E-state index contributed by atoms with van der Waals surface area (Å²) in [6.45, 7) is 1.95. The molecule has 2 saturated heterocycles. The Morgan fingerprint density at radius 3 is 2.55 bits per heavy atom. The number of nitrogens with zero attached hydrogens (tertiary/aromatic N) is 2. The van der Waals surface area contributed by atoms with Gasteiger partial charge < -0.3 is 10.2 Å². The molecule has 1 aromatic carbocycles. The zero-order valence-electron chi connectivity index (χ0n) is 12.0. The summed E-state index contributed by atoms with van der Waals surface area (Å²) in [5.41, 5.74) is 1.98. The molecule has 108 valence electrons. The second-order valence-electron chi connectivity index (χ2n) is 6.07. The van der Waals surface area contributed by atoms with Gasteiger partial charge in [0.15, 0.2) is 0 Å². The summed E-state index contributed by atoms with van der Waals surface area (Å²) in [6.07, 6.45) is 4.65. The molecule has 2 atom stereocenters. The van der Waals surface area contributed by atoms with E-state index in [4.69, 9.17) is 0 Å². The Balaban J connectivity index is 1.90. The van der Waals surface area contributed by atoms with Crippen LogP contribution in [-0.4, -0.2) is 30.1 Å². The van der Waals surface area contributed by atoms with Crippen LogP contribution < -0.4 is 10.2 Å². The minimum absolute atomic E-state index is 0.221. The molecular weight excluding hydrogens is 254 g/mol. The lowest BCUT2D eigenvalue weighted by Crippen LogP contribution is -2.47. The third kappa shape index (κ3) is 2.26. The number of rotatable bonds is 3. The van der Waals surface area contributed by atoms with E-state index in [9.17, 15) is 10.1 Å². The van der Waals surface area contributed by atoms with E-state index < -0.39 is 0 Å². The van der Waals surface area contributed by atoms with Crippen molar-refractivity contribution in [3.8, 4) is 0 Å². The summed E-state index contributed by atoms with van der Waals surface area (Å²) in [5.74, 6) is 0. The minimum Gasteiger partial charge on any atom is -0.366 e. The second kappa shape index (κ2) is 5.05. The van der Waals surface area contributed by atoms with Crippen molar-refractivity contribution in [2.24, 2.45) is 0 Å². The fourth-order valence-corrected chi connectivity index (χ4v) is 3.78. The number of benzene rings is 1. The molecule has 2 aliphatic heterocycles. The van der Waals surface area contributed by atoms with Gasteiger partial charge in [-0.15, -0.1) is 0 Å². The van der Waals surface area contributed by atoms with Gasteiger partial charge in [-0.3, -0.25) is 10.1 Å². The predicted molar refractivity (Wildman–Crippen MR) is 79.2 cm³/mol. The normalized spacial score (nSPS) is 28.4. The van der Waals surface area contributed by atoms with Crippen LogP contribution in [0.25, 0.3) is 0 Å². The third-order valence-electron chi connectivity index (χ3n) is 4.76. The molecule has 2 aliphatic rings. The molecule has 5 nitrogen and oxygen atoms in total. The first kappa shape index (κ1) is 13.4. The Hall–Kier alpha value is -1.62. The summed E-state index contributed by atoms with van der Waals surface area (Å²) in [4.78, 5) is 13.1. The highest BCUT2D eigenvalue weighted by molar-refractivity contribution is 5.67. The van der Waals surface area contributed by atoms with E-state index in [-0.39, 0.29) is 10.6 Å². The summed E-state index contributed by atoms with van der Waals surface area (Å²) >= 11 is 0. The molecule has 0 spiro atoms. The lowest BCUT2D eigenvalue weighted by Gasteiger charge is -2.37. The van der Waals surface area contributed by atoms with E-state index in [0.29, 0.717) is 18.1 Å². The molecule has 2 unspecified atom stereocenters. The van der Waals surface area contributed by atoms with Crippen molar-refractivity contribution in [3.05, 3.63) is 33.9 Å². The summed E-state index contributed by atoms with van der Waals surface area (Å²) in [5, 5.41) is 14.9. The fourth-order valence-electron chi connectivity index (χ4n) is 3.78. The molecule has 2 fully saturated rings. The first-order valence-corrected chi connectivity index (χ1v) is 7.29. The first-order chi connectivity index (χ1) is 9.56. The Labute approximate surface area is 119 Å². The van der Waals surface area contributed by atoms with Crippen LogP contribution in [0, 0.1) is 17.0 Å². The Kier molecular flexibility index (Phi) is 3.38. The quantitative estimate of drug-likeness (QED) is 0.680. The average molecular weight is 275 g/mol. The number of fused-ring (bicyclic) bond motifs is 2. The summed E-state index contributed by atoms with van der Waals surface area (Å²) < 4.78 is 0. The molecule has 5 heteroatoms. The molecule has 1 aromatic rings. The van der Waals surface area contributed by atoms with Gasteiger partial charge in [0.1, 0.15) is 5.69 Å². The van der Waals surface area contributed by atoms with Crippen LogP contribution in [0.5, 0.6) is 0 Å². The van der Waals surface area contributed by atoms with Gasteiger partial charge in [0, 0.05) is 31.2 Å². The van der Waals surface area contributed by atoms with E-state index in [1.54, 1.807) is 12.1 Å². The van der Waals surface area contributed by atoms with Crippen LogP contribution in [-0.2, 0) is 0 Å². The Morgan fingerprint density at radius 2 is 1.95 bits per heavy atom. The molecule has 3 rings (SSSR count). The maximum absolute atomic E-state index is 11.3. The molecule has 0 amide bonds. The molecule has 0 aromatic heterocycles. The van der Waals surface area contributed by atoms with Crippen molar-refractivity contribution in [1.82, 2.24) is 5.32 Å². The number of nitrogens with one attached hydrogen (secondary N) is 1. The van der Waals surface area contributed by atoms with Crippen molar-refractivity contribution in [2.45, 2.75) is 50.7 Å². The molecule has 20 heavy (non-hydrogen) atoms. The molecule has 0 aliphatic carbocycles. The zero-order chi connectivity index (χ0) is 14.3. The largest absolute Gasteiger partial charge is 0.366 e. The van der Waals surface area contributed by atoms with Crippen molar-refractivity contribution >= 4 is 11.4 Å². The number of hydrogen-bond donors (Lipinski definition) is 1. The molecule has 0 saturated carbocycles. The van der Waals surface area contributed by atoms with Crippen LogP contribution in [0.4, 0.5) is 11.4 Å². The Morgan fingerprint density at radius 1 is 1.30 bits per heavy atom. The lowest BCUT2D eigenvalue weighted by molar-refractivity contribution is -0.384. The van der Waals surface area contributed by atoms with Gasteiger partial charge in [-0.2, -0.15) is 0 Å². The number of para-hydroxylation sites is 1. The molecule has 0 radical (unpaired) electrons. The Bertz CT molecular complexity index is 520. The van der Waals surface area contributed by atoms with Crippen LogP contribution in [0.3, 0.4) is 0 Å². The van der Waals surface area contributed by atoms with Crippen molar-refractivity contribution in [3.63, 3.8) is 0 Å². The van der Waals surface area contributed by atoms with Crippen LogP contribution in [0.2, 0.25) is 0 Å². The maximum atomic E-state index is 11.3. The number of piperidine rings is 1. The van der Waals surface area contributed by atoms with Crippen molar-refractivity contribution in [1.29, 1.82) is 0 Å². The topological polar surface area (TPSA) is 58.4 Å². The minimum atomic E-state index is -0.269. The molecular formula is C15H21N3O2. The van der Waals surface area contributed by atoms with Gasteiger partial charge in [0.25, 0.3) is 5.69 Å².